The molecule has 4 heteroatoms. The predicted octanol–water partition coefficient (Wildman–Crippen LogP) is 3.36. The van der Waals surface area contributed by atoms with Crippen LogP contribution in [-0.2, 0) is 6.42 Å². The van der Waals surface area contributed by atoms with Crippen LogP contribution in [0.5, 0.6) is 0 Å². The summed E-state index contributed by atoms with van der Waals surface area (Å²) in [6, 6.07) is 14.1. The number of carbonyl (C=O) groups excluding carboxylic acids is 1. The second kappa shape index (κ2) is 5.32. The topological polar surface area (TPSA) is 47.3 Å². The van der Waals surface area contributed by atoms with Crippen molar-refractivity contribution in [2.45, 2.75) is 6.42 Å². The number of ketones is 1. The maximum atomic E-state index is 13.1. The van der Waals surface area contributed by atoms with Crippen molar-refractivity contribution >= 4 is 16.6 Å². The van der Waals surface area contributed by atoms with Gasteiger partial charge < -0.3 is 4.42 Å². The summed E-state index contributed by atoms with van der Waals surface area (Å²) < 4.78 is 18.3. The first-order valence-electron chi connectivity index (χ1n) is 6.44. The summed E-state index contributed by atoms with van der Waals surface area (Å²) >= 11 is 0. The fourth-order valence-corrected chi connectivity index (χ4v) is 2.20. The van der Waals surface area contributed by atoms with E-state index in [0.29, 0.717) is 5.39 Å². The number of fused-ring (bicyclic) bond motifs is 1. The minimum atomic E-state index is -0.477. The molecule has 2 aromatic carbocycles. The molecule has 0 saturated carbocycles. The van der Waals surface area contributed by atoms with E-state index >= 15 is 0 Å². The standard InChI is InChI=1S/C17H11FO3/c18-13-6-3-5-12(8-13)16(19)10-14-9-11-4-1-2-7-15(11)17(20)21-14/h1-9H,10H2. The average molecular weight is 282 g/mol. The van der Waals surface area contributed by atoms with Gasteiger partial charge in [-0.15, -0.1) is 0 Å². The Morgan fingerprint density at radius 3 is 2.67 bits per heavy atom. The Morgan fingerprint density at radius 1 is 1.05 bits per heavy atom. The molecule has 1 aromatic heterocycles. The molecule has 0 fully saturated rings. The first kappa shape index (κ1) is 13.2. The van der Waals surface area contributed by atoms with Gasteiger partial charge in [0, 0.05) is 5.56 Å². The number of benzene rings is 2. The molecule has 0 amide bonds. The Labute approximate surface area is 119 Å². The normalized spacial score (nSPS) is 10.7. The molecule has 3 rings (SSSR count). The molecule has 0 bridgehead atoms. The van der Waals surface area contributed by atoms with E-state index in [0.717, 1.165) is 5.39 Å². The lowest BCUT2D eigenvalue weighted by Crippen LogP contribution is -2.08. The lowest BCUT2D eigenvalue weighted by molar-refractivity contribution is 0.0985. The minimum absolute atomic E-state index is 0.0798. The molecule has 104 valence electrons. The maximum absolute atomic E-state index is 13.1. The average Bonchev–Trinajstić information content (AvgIpc) is 2.47. The highest BCUT2D eigenvalue weighted by molar-refractivity contribution is 5.97. The highest BCUT2D eigenvalue weighted by Gasteiger charge is 2.11. The van der Waals surface area contributed by atoms with Crippen molar-refractivity contribution in [2.75, 3.05) is 0 Å². The molecule has 0 aliphatic carbocycles. The van der Waals surface area contributed by atoms with Gasteiger partial charge in [0.15, 0.2) is 5.78 Å². The fraction of sp³-hybridized carbons (Fsp3) is 0.0588. The molecule has 0 saturated heterocycles. The predicted molar refractivity (Wildman–Crippen MR) is 76.9 cm³/mol. The van der Waals surface area contributed by atoms with E-state index in [4.69, 9.17) is 4.42 Å². The second-order valence-electron chi connectivity index (χ2n) is 4.70. The van der Waals surface area contributed by atoms with E-state index in [1.54, 1.807) is 30.3 Å². The third-order valence-electron chi connectivity index (χ3n) is 3.20. The van der Waals surface area contributed by atoms with Crippen molar-refractivity contribution in [3.8, 4) is 0 Å². The number of rotatable bonds is 3. The van der Waals surface area contributed by atoms with Gasteiger partial charge in [-0.1, -0.05) is 30.3 Å². The Kier molecular flexibility index (Phi) is 3.36. The number of carbonyl (C=O) groups is 1. The number of hydrogen-bond donors (Lipinski definition) is 0. The molecule has 21 heavy (non-hydrogen) atoms. The van der Waals surface area contributed by atoms with E-state index < -0.39 is 11.4 Å². The van der Waals surface area contributed by atoms with Crippen LogP contribution in [0.25, 0.3) is 10.8 Å². The number of Topliss-reactive ketones (excluding diaryl/α,β-unsaturated/α-hetero) is 1. The Bertz CT molecular complexity index is 880. The Balaban J connectivity index is 1.95. The van der Waals surface area contributed by atoms with Crippen molar-refractivity contribution in [1.29, 1.82) is 0 Å². The summed E-state index contributed by atoms with van der Waals surface area (Å²) in [6.07, 6.45) is -0.0798. The van der Waals surface area contributed by atoms with Gasteiger partial charge in [0.2, 0.25) is 0 Å². The van der Waals surface area contributed by atoms with Gasteiger partial charge in [0.1, 0.15) is 11.6 Å². The van der Waals surface area contributed by atoms with Crippen molar-refractivity contribution in [3.63, 3.8) is 0 Å². The zero-order valence-corrected chi connectivity index (χ0v) is 11.0. The van der Waals surface area contributed by atoms with Crippen LogP contribution in [-0.4, -0.2) is 5.78 Å². The summed E-state index contributed by atoms with van der Waals surface area (Å²) in [7, 11) is 0. The van der Waals surface area contributed by atoms with Gasteiger partial charge in [-0.05, 0) is 29.7 Å². The van der Waals surface area contributed by atoms with Gasteiger partial charge >= 0.3 is 5.63 Å². The van der Waals surface area contributed by atoms with Crippen LogP contribution in [0.15, 0.2) is 63.8 Å². The molecule has 0 N–H and O–H groups in total. The van der Waals surface area contributed by atoms with Crippen LogP contribution in [0.2, 0.25) is 0 Å². The summed E-state index contributed by atoms with van der Waals surface area (Å²) in [5.74, 6) is -0.498. The quantitative estimate of drug-likeness (QED) is 0.692. The van der Waals surface area contributed by atoms with Crippen LogP contribution in [0.3, 0.4) is 0 Å². The zero-order chi connectivity index (χ0) is 14.8. The molecule has 1 heterocycles. The van der Waals surface area contributed by atoms with Gasteiger partial charge in [0.05, 0.1) is 11.8 Å². The van der Waals surface area contributed by atoms with Gasteiger partial charge in [-0.3, -0.25) is 4.79 Å². The highest BCUT2D eigenvalue weighted by Crippen LogP contribution is 2.14. The van der Waals surface area contributed by atoms with Crippen LogP contribution in [0, 0.1) is 5.82 Å². The van der Waals surface area contributed by atoms with E-state index in [1.165, 1.54) is 24.3 Å². The second-order valence-corrected chi connectivity index (χ2v) is 4.70. The molecule has 0 unspecified atom stereocenters. The Morgan fingerprint density at radius 2 is 1.86 bits per heavy atom. The fourth-order valence-electron chi connectivity index (χ4n) is 2.20. The lowest BCUT2D eigenvalue weighted by Gasteiger charge is -2.02. The van der Waals surface area contributed by atoms with Crippen molar-refractivity contribution in [1.82, 2.24) is 0 Å². The molecule has 3 aromatic rings. The molecule has 3 nitrogen and oxygen atoms in total. The van der Waals surface area contributed by atoms with E-state index in [1.807, 2.05) is 0 Å². The minimum Gasteiger partial charge on any atom is -0.427 e. The molecular weight excluding hydrogens is 271 g/mol. The molecule has 0 aliphatic heterocycles. The smallest absolute Gasteiger partial charge is 0.343 e. The lowest BCUT2D eigenvalue weighted by atomic mass is 10.1. The molecule has 0 atom stereocenters. The first-order valence-corrected chi connectivity index (χ1v) is 6.44. The maximum Gasteiger partial charge on any atom is 0.343 e. The van der Waals surface area contributed by atoms with Gasteiger partial charge in [-0.25, -0.2) is 9.18 Å². The van der Waals surface area contributed by atoms with E-state index in [-0.39, 0.29) is 23.5 Å². The first-order chi connectivity index (χ1) is 10.1. The molecule has 0 radical (unpaired) electrons. The van der Waals surface area contributed by atoms with Crippen LogP contribution < -0.4 is 5.63 Å². The SMILES string of the molecule is O=C(Cc1cc2ccccc2c(=O)o1)c1cccc(F)c1. The van der Waals surface area contributed by atoms with Gasteiger partial charge in [-0.2, -0.15) is 0 Å². The summed E-state index contributed by atoms with van der Waals surface area (Å²) in [4.78, 5) is 23.9. The monoisotopic (exact) mass is 282 g/mol. The van der Waals surface area contributed by atoms with Crippen molar-refractivity contribution in [2.24, 2.45) is 0 Å². The molecule has 0 aliphatic rings. The van der Waals surface area contributed by atoms with Gasteiger partial charge in [0.25, 0.3) is 0 Å². The van der Waals surface area contributed by atoms with Crippen LogP contribution in [0.1, 0.15) is 16.1 Å². The molecular formula is C17H11FO3. The summed E-state index contributed by atoms with van der Waals surface area (Å²) in [5, 5.41) is 1.19. The third kappa shape index (κ3) is 2.74. The third-order valence-corrected chi connectivity index (χ3v) is 3.20. The largest absolute Gasteiger partial charge is 0.427 e. The van der Waals surface area contributed by atoms with Crippen molar-refractivity contribution in [3.05, 3.63) is 82.2 Å². The zero-order valence-electron chi connectivity index (χ0n) is 11.0. The molecule has 0 spiro atoms. The number of hydrogen-bond acceptors (Lipinski definition) is 3. The Hall–Kier alpha value is -2.75. The van der Waals surface area contributed by atoms with E-state index in [9.17, 15) is 14.0 Å². The van der Waals surface area contributed by atoms with Crippen LogP contribution in [0.4, 0.5) is 4.39 Å². The van der Waals surface area contributed by atoms with Crippen molar-refractivity contribution < 1.29 is 13.6 Å². The number of halogens is 1. The summed E-state index contributed by atoms with van der Waals surface area (Å²) in [6.45, 7) is 0. The van der Waals surface area contributed by atoms with Crippen LogP contribution >= 0.6 is 0 Å². The summed E-state index contributed by atoms with van der Waals surface area (Å²) in [5.41, 5.74) is -0.221. The highest BCUT2D eigenvalue weighted by atomic mass is 19.1. The van der Waals surface area contributed by atoms with E-state index in [2.05, 4.69) is 0 Å².